The number of hydrogen-bond acceptors (Lipinski definition) is 2. The van der Waals surface area contributed by atoms with Gasteiger partial charge >= 0.3 is 0 Å². The van der Waals surface area contributed by atoms with Crippen LogP contribution in [-0.4, -0.2) is 15.0 Å². The molecule has 0 aliphatic heterocycles. The van der Waals surface area contributed by atoms with Crippen LogP contribution in [0, 0.1) is 5.41 Å². The summed E-state index contributed by atoms with van der Waals surface area (Å²) < 4.78 is 2.01. The lowest BCUT2D eigenvalue weighted by molar-refractivity contribution is 0.354. The molecule has 0 fully saturated rings. The van der Waals surface area contributed by atoms with Gasteiger partial charge in [0.05, 0.1) is 5.69 Å². The Labute approximate surface area is 118 Å². The monoisotopic (exact) mass is 265 g/mol. The molecule has 19 heavy (non-hydrogen) atoms. The van der Waals surface area contributed by atoms with Crippen LogP contribution in [0.1, 0.15) is 78.3 Å². The maximum Gasteiger partial charge on any atom is 0.0827 e. The van der Waals surface area contributed by atoms with E-state index in [-0.39, 0.29) is 0 Å². The average molecular weight is 265 g/mol. The first-order valence-electron chi connectivity index (χ1n) is 7.90. The van der Waals surface area contributed by atoms with Gasteiger partial charge in [0.1, 0.15) is 0 Å². The van der Waals surface area contributed by atoms with Crippen molar-refractivity contribution in [3.63, 3.8) is 0 Å². The molecule has 0 atom stereocenters. The lowest BCUT2D eigenvalue weighted by Gasteiger charge is -2.17. The van der Waals surface area contributed by atoms with E-state index in [1.165, 1.54) is 44.9 Å². The van der Waals surface area contributed by atoms with Gasteiger partial charge in [-0.15, -0.1) is 5.10 Å². The Morgan fingerprint density at radius 3 is 2.53 bits per heavy atom. The first-order chi connectivity index (χ1) is 9.01. The zero-order valence-corrected chi connectivity index (χ0v) is 13.3. The van der Waals surface area contributed by atoms with Crippen molar-refractivity contribution >= 4 is 0 Å². The molecule has 0 aliphatic carbocycles. The number of aryl methyl sites for hydroxylation is 2. The van der Waals surface area contributed by atoms with E-state index in [1.807, 2.05) is 4.68 Å². The van der Waals surface area contributed by atoms with E-state index in [2.05, 4.69) is 44.2 Å². The Balaban J connectivity index is 2.12. The summed E-state index contributed by atoms with van der Waals surface area (Å²) >= 11 is 0. The number of unbranched alkanes of at least 4 members (excludes halogenated alkanes) is 4. The molecule has 0 saturated carbocycles. The van der Waals surface area contributed by atoms with Gasteiger partial charge in [0.15, 0.2) is 0 Å². The highest BCUT2D eigenvalue weighted by molar-refractivity contribution is 4.92. The molecule has 0 spiro atoms. The molecule has 0 unspecified atom stereocenters. The SMILES string of the molecule is CCCCCc1cn(CCCCCC(C)(C)C)nn1. The van der Waals surface area contributed by atoms with Crippen LogP contribution in [0.2, 0.25) is 0 Å². The molecule has 110 valence electrons. The molecule has 3 heteroatoms. The summed E-state index contributed by atoms with van der Waals surface area (Å²) in [6, 6.07) is 0. The molecule has 1 rings (SSSR count). The van der Waals surface area contributed by atoms with Crippen molar-refractivity contribution in [2.45, 2.75) is 85.6 Å². The van der Waals surface area contributed by atoms with Crippen LogP contribution in [0.3, 0.4) is 0 Å². The standard InChI is InChI=1S/C16H31N3/c1-5-6-8-11-15-14-19(18-17-15)13-10-7-9-12-16(2,3)4/h14H,5-13H2,1-4H3. The van der Waals surface area contributed by atoms with Crippen LogP contribution in [0.5, 0.6) is 0 Å². The van der Waals surface area contributed by atoms with Crippen LogP contribution in [-0.2, 0) is 13.0 Å². The van der Waals surface area contributed by atoms with Crippen molar-refractivity contribution in [1.29, 1.82) is 0 Å². The summed E-state index contributed by atoms with van der Waals surface area (Å²) in [5, 5.41) is 8.45. The van der Waals surface area contributed by atoms with Crippen LogP contribution in [0.15, 0.2) is 6.20 Å². The molecule has 0 saturated heterocycles. The van der Waals surface area contributed by atoms with Gasteiger partial charge in [-0.25, -0.2) is 0 Å². The Bertz CT molecular complexity index is 336. The van der Waals surface area contributed by atoms with E-state index in [9.17, 15) is 0 Å². The number of aromatic nitrogens is 3. The number of nitrogens with zero attached hydrogens (tertiary/aromatic N) is 3. The van der Waals surface area contributed by atoms with Crippen LogP contribution < -0.4 is 0 Å². The highest BCUT2D eigenvalue weighted by Crippen LogP contribution is 2.22. The van der Waals surface area contributed by atoms with Gasteiger partial charge in [-0.2, -0.15) is 0 Å². The lowest BCUT2D eigenvalue weighted by Crippen LogP contribution is -2.05. The molecule has 0 bridgehead atoms. The van der Waals surface area contributed by atoms with Gasteiger partial charge in [-0.3, -0.25) is 4.68 Å². The minimum absolute atomic E-state index is 0.472. The molecule has 0 amide bonds. The summed E-state index contributed by atoms with van der Waals surface area (Å²) in [6.45, 7) is 10.2. The van der Waals surface area contributed by atoms with E-state index >= 15 is 0 Å². The Kier molecular flexibility index (Phi) is 7.11. The second-order valence-electron chi connectivity index (χ2n) is 6.80. The highest BCUT2D eigenvalue weighted by atomic mass is 15.4. The third-order valence-electron chi connectivity index (χ3n) is 3.44. The fraction of sp³-hybridized carbons (Fsp3) is 0.875. The van der Waals surface area contributed by atoms with Crippen molar-refractivity contribution in [3.05, 3.63) is 11.9 Å². The molecule has 3 nitrogen and oxygen atoms in total. The minimum atomic E-state index is 0.472. The van der Waals surface area contributed by atoms with Gasteiger partial charge in [-0.1, -0.05) is 58.6 Å². The molecule has 0 aromatic carbocycles. The van der Waals surface area contributed by atoms with Gasteiger partial charge in [0, 0.05) is 12.7 Å². The largest absolute Gasteiger partial charge is 0.252 e. The molecular weight excluding hydrogens is 234 g/mol. The summed E-state index contributed by atoms with van der Waals surface area (Å²) in [5.74, 6) is 0. The molecule has 1 aromatic rings. The minimum Gasteiger partial charge on any atom is -0.252 e. The first kappa shape index (κ1) is 16.2. The Morgan fingerprint density at radius 1 is 1.05 bits per heavy atom. The van der Waals surface area contributed by atoms with Gasteiger partial charge in [0.25, 0.3) is 0 Å². The highest BCUT2D eigenvalue weighted by Gasteiger charge is 2.08. The maximum absolute atomic E-state index is 4.24. The molecular formula is C16H31N3. The molecule has 0 aliphatic rings. The maximum atomic E-state index is 4.24. The zero-order valence-electron chi connectivity index (χ0n) is 13.3. The van der Waals surface area contributed by atoms with E-state index < -0.39 is 0 Å². The number of hydrogen-bond donors (Lipinski definition) is 0. The van der Waals surface area contributed by atoms with Crippen LogP contribution in [0.4, 0.5) is 0 Å². The topological polar surface area (TPSA) is 30.7 Å². The van der Waals surface area contributed by atoms with Crippen LogP contribution >= 0.6 is 0 Å². The zero-order chi connectivity index (χ0) is 14.1. The lowest BCUT2D eigenvalue weighted by atomic mass is 9.89. The Hall–Kier alpha value is -0.860. The van der Waals surface area contributed by atoms with Gasteiger partial charge in [0.2, 0.25) is 0 Å². The van der Waals surface area contributed by atoms with Crippen molar-refractivity contribution < 1.29 is 0 Å². The second-order valence-corrected chi connectivity index (χ2v) is 6.80. The van der Waals surface area contributed by atoms with Crippen molar-refractivity contribution in [2.24, 2.45) is 5.41 Å². The molecule has 1 heterocycles. The van der Waals surface area contributed by atoms with Crippen molar-refractivity contribution in [1.82, 2.24) is 15.0 Å². The normalized spacial score (nSPS) is 12.0. The predicted molar refractivity (Wildman–Crippen MR) is 81.2 cm³/mol. The summed E-state index contributed by atoms with van der Waals surface area (Å²) in [5.41, 5.74) is 1.63. The first-order valence-corrected chi connectivity index (χ1v) is 7.90. The third kappa shape index (κ3) is 8.02. The molecule has 0 radical (unpaired) electrons. The number of rotatable bonds is 9. The second kappa shape index (κ2) is 8.34. The quantitative estimate of drug-likeness (QED) is 0.610. The van der Waals surface area contributed by atoms with E-state index in [0.717, 1.165) is 18.7 Å². The van der Waals surface area contributed by atoms with E-state index in [4.69, 9.17) is 0 Å². The average Bonchev–Trinajstić information content (AvgIpc) is 2.75. The van der Waals surface area contributed by atoms with Crippen molar-refractivity contribution in [3.8, 4) is 0 Å². The van der Waals surface area contributed by atoms with Gasteiger partial charge < -0.3 is 0 Å². The summed E-state index contributed by atoms with van der Waals surface area (Å²) in [7, 11) is 0. The van der Waals surface area contributed by atoms with E-state index in [0.29, 0.717) is 5.41 Å². The van der Waals surface area contributed by atoms with Crippen molar-refractivity contribution in [2.75, 3.05) is 0 Å². The summed E-state index contributed by atoms with van der Waals surface area (Å²) in [6.07, 6.45) is 12.1. The fourth-order valence-corrected chi connectivity index (χ4v) is 2.22. The van der Waals surface area contributed by atoms with Gasteiger partial charge in [-0.05, 0) is 31.1 Å². The molecule has 1 aromatic heterocycles. The fourth-order valence-electron chi connectivity index (χ4n) is 2.22. The van der Waals surface area contributed by atoms with Crippen LogP contribution in [0.25, 0.3) is 0 Å². The van der Waals surface area contributed by atoms with E-state index in [1.54, 1.807) is 0 Å². The molecule has 0 N–H and O–H groups in total. The smallest absolute Gasteiger partial charge is 0.0827 e. The summed E-state index contributed by atoms with van der Waals surface area (Å²) in [4.78, 5) is 0. The predicted octanol–water partition coefficient (Wildman–Crippen LogP) is 4.62. The third-order valence-corrected chi connectivity index (χ3v) is 3.44. The Morgan fingerprint density at radius 2 is 1.84 bits per heavy atom.